The van der Waals surface area contributed by atoms with Gasteiger partial charge in [0.05, 0.1) is 6.54 Å². The first-order chi connectivity index (χ1) is 16.4. The van der Waals surface area contributed by atoms with E-state index >= 15 is 8.78 Å². The van der Waals surface area contributed by atoms with Crippen LogP contribution in [0.1, 0.15) is 22.4 Å². The van der Waals surface area contributed by atoms with Crippen molar-refractivity contribution in [3.63, 3.8) is 0 Å². The maximum Gasteiger partial charge on any atom is 0.323 e. The van der Waals surface area contributed by atoms with Gasteiger partial charge in [-0.25, -0.2) is 13.5 Å². The Bertz CT molecular complexity index is 1320. The van der Waals surface area contributed by atoms with Gasteiger partial charge in [0.1, 0.15) is 23.7 Å². The normalized spacial score (nSPS) is 14.1. The molecule has 182 valence electrons. The van der Waals surface area contributed by atoms with E-state index in [0.717, 1.165) is 18.5 Å². The average Bonchev–Trinajstić information content (AvgIpc) is 3.32. The second-order valence-electron chi connectivity index (χ2n) is 7.58. The maximum atomic E-state index is 15.7. The topological polar surface area (TPSA) is 76.7 Å². The highest BCUT2D eigenvalue weighted by atomic mass is 35.5. The third kappa shape index (κ3) is 4.46. The Morgan fingerprint density at radius 1 is 0.914 bits per heavy atom. The smallest absolute Gasteiger partial charge is 0.323 e. The van der Waals surface area contributed by atoms with Crippen LogP contribution in [-0.2, 0) is 24.0 Å². The summed E-state index contributed by atoms with van der Waals surface area (Å²) in [5, 5.41) is 21.3. The van der Waals surface area contributed by atoms with E-state index in [1.54, 1.807) is 0 Å². The summed E-state index contributed by atoms with van der Waals surface area (Å²) in [6.45, 7) is -1.07. The van der Waals surface area contributed by atoms with E-state index in [-0.39, 0.29) is 5.02 Å². The summed E-state index contributed by atoms with van der Waals surface area (Å²) in [6, 6.07) is 7.59. The first-order valence-corrected chi connectivity index (χ1v) is 10.2. The molecule has 6 nitrogen and oxygen atoms in total. The highest BCUT2D eigenvalue weighted by Gasteiger charge is 2.58. The number of alkyl halides is 4. The highest BCUT2D eigenvalue weighted by Crippen LogP contribution is 2.47. The van der Waals surface area contributed by atoms with Gasteiger partial charge in [-0.3, -0.25) is 4.98 Å². The molecule has 0 aliphatic carbocycles. The van der Waals surface area contributed by atoms with Gasteiger partial charge in [-0.05, 0) is 46.8 Å². The standard InChI is InChI=1S/C22H14ClF6N5O/c23-15-4-1-13(2-5-15)21(26,27)14-3-8-19(30-10-14)22(28,29)20(35,11-34-12-31-32-33-34)17-7-6-16(24)9-18(17)25/h1-10,12,35H,11H2. The number of hydrogen-bond acceptors (Lipinski definition) is 5. The molecule has 4 aromatic rings. The van der Waals surface area contributed by atoms with Crippen molar-refractivity contribution >= 4 is 11.6 Å². The minimum atomic E-state index is -4.37. The van der Waals surface area contributed by atoms with Crippen molar-refractivity contribution in [2.75, 3.05) is 0 Å². The number of nitrogens with zero attached hydrogens (tertiary/aromatic N) is 5. The van der Waals surface area contributed by atoms with Gasteiger partial charge >= 0.3 is 5.92 Å². The Morgan fingerprint density at radius 2 is 1.60 bits per heavy atom. The van der Waals surface area contributed by atoms with Gasteiger partial charge in [0, 0.05) is 34.0 Å². The minimum Gasteiger partial charge on any atom is -0.377 e. The number of aliphatic hydroxyl groups is 1. The molecule has 1 unspecified atom stereocenters. The Hall–Kier alpha value is -3.51. The molecule has 0 fully saturated rings. The van der Waals surface area contributed by atoms with Crippen LogP contribution in [0.15, 0.2) is 67.1 Å². The van der Waals surface area contributed by atoms with Crippen molar-refractivity contribution in [1.29, 1.82) is 0 Å². The van der Waals surface area contributed by atoms with Crippen LogP contribution in [0.3, 0.4) is 0 Å². The highest BCUT2D eigenvalue weighted by molar-refractivity contribution is 6.30. The van der Waals surface area contributed by atoms with E-state index < -0.39 is 58.0 Å². The lowest BCUT2D eigenvalue weighted by molar-refractivity contribution is -0.207. The number of tetrazole rings is 1. The summed E-state index contributed by atoms with van der Waals surface area (Å²) >= 11 is 5.72. The molecule has 0 spiro atoms. The Balaban J connectivity index is 1.76. The number of benzene rings is 2. The minimum absolute atomic E-state index is 0.229. The fourth-order valence-electron chi connectivity index (χ4n) is 3.47. The van der Waals surface area contributed by atoms with E-state index in [1.807, 2.05) is 0 Å². The third-order valence-electron chi connectivity index (χ3n) is 5.33. The molecule has 2 aromatic carbocycles. The molecule has 0 amide bonds. The number of pyridine rings is 1. The van der Waals surface area contributed by atoms with Crippen LogP contribution in [-0.4, -0.2) is 30.3 Å². The van der Waals surface area contributed by atoms with Crippen molar-refractivity contribution < 1.29 is 31.4 Å². The SMILES string of the molecule is OC(Cn1cnnn1)(c1ccc(F)cc1F)C(F)(F)c1ccc(C(F)(F)c2ccc(Cl)cc2)cn1. The molecular formula is C22H14ClF6N5O. The third-order valence-corrected chi connectivity index (χ3v) is 5.58. The Kier molecular flexibility index (Phi) is 6.28. The van der Waals surface area contributed by atoms with Gasteiger partial charge in [0.15, 0.2) is 5.60 Å². The molecule has 2 heterocycles. The van der Waals surface area contributed by atoms with E-state index in [9.17, 15) is 22.7 Å². The molecule has 0 bridgehead atoms. The van der Waals surface area contributed by atoms with Crippen LogP contribution < -0.4 is 0 Å². The lowest BCUT2D eigenvalue weighted by Crippen LogP contribution is -2.48. The molecule has 13 heteroatoms. The monoisotopic (exact) mass is 513 g/mol. The molecule has 1 N–H and O–H groups in total. The van der Waals surface area contributed by atoms with E-state index in [0.29, 0.717) is 41.2 Å². The van der Waals surface area contributed by atoms with Gasteiger partial charge < -0.3 is 5.11 Å². The van der Waals surface area contributed by atoms with Crippen LogP contribution >= 0.6 is 11.6 Å². The van der Waals surface area contributed by atoms with Gasteiger partial charge in [0.2, 0.25) is 0 Å². The summed E-state index contributed by atoms with van der Waals surface area (Å²) in [5.41, 5.74) is -6.67. The summed E-state index contributed by atoms with van der Waals surface area (Å²) < 4.78 is 89.8. The van der Waals surface area contributed by atoms with Crippen molar-refractivity contribution in [3.05, 3.63) is 106 Å². The first-order valence-electron chi connectivity index (χ1n) is 9.82. The molecule has 0 saturated carbocycles. The van der Waals surface area contributed by atoms with Crippen molar-refractivity contribution in [3.8, 4) is 0 Å². The van der Waals surface area contributed by atoms with Gasteiger partial charge in [0.25, 0.3) is 5.92 Å². The second kappa shape index (κ2) is 8.93. The molecule has 35 heavy (non-hydrogen) atoms. The summed E-state index contributed by atoms with van der Waals surface area (Å²) in [6.07, 6.45) is 1.42. The van der Waals surface area contributed by atoms with Crippen LogP contribution in [0.5, 0.6) is 0 Å². The van der Waals surface area contributed by atoms with E-state index in [2.05, 4.69) is 20.5 Å². The predicted octanol–water partition coefficient (Wildman–Crippen LogP) is 4.82. The largest absolute Gasteiger partial charge is 0.377 e. The molecular weight excluding hydrogens is 500 g/mol. The average molecular weight is 514 g/mol. The molecule has 0 aliphatic rings. The zero-order valence-corrected chi connectivity index (χ0v) is 18.1. The fraction of sp³-hybridized carbons (Fsp3) is 0.182. The van der Waals surface area contributed by atoms with Crippen LogP contribution in [0, 0.1) is 11.6 Å². The van der Waals surface area contributed by atoms with Gasteiger partial charge in [-0.2, -0.15) is 17.6 Å². The molecule has 2 aromatic heterocycles. The Morgan fingerprint density at radius 3 is 2.17 bits per heavy atom. The summed E-state index contributed by atoms with van der Waals surface area (Å²) in [4.78, 5) is 3.45. The molecule has 1 atom stereocenters. The van der Waals surface area contributed by atoms with Crippen LogP contribution in [0.2, 0.25) is 5.02 Å². The number of halogens is 7. The van der Waals surface area contributed by atoms with Gasteiger partial charge in [-0.15, -0.1) is 5.10 Å². The van der Waals surface area contributed by atoms with Crippen LogP contribution in [0.25, 0.3) is 0 Å². The number of hydrogen-bond donors (Lipinski definition) is 1. The zero-order valence-electron chi connectivity index (χ0n) is 17.4. The van der Waals surface area contributed by atoms with E-state index in [4.69, 9.17) is 11.6 Å². The van der Waals surface area contributed by atoms with Crippen molar-refractivity contribution in [2.45, 2.75) is 24.0 Å². The maximum absolute atomic E-state index is 15.7. The van der Waals surface area contributed by atoms with Crippen molar-refractivity contribution in [2.24, 2.45) is 0 Å². The first kappa shape index (κ1) is 24.6. The molecule has 0 aliphatic heterocycles. The van der Waals surface area contributed by atoms with Crippen LogP contribution in [0.4, 0.5) is 26.3 Å². The summed E-state index contributed by atoms with van der Waals surface area (Å²) in [7, 11) is 0. The zero-order chi connectivity index (χ0) is 25.4. The van der Waals surface area contributed by atoms with E-state index in [1.165, 1.54) is 12.1 Å². The Labute approximate surface area is 198 Å². The van der Waals surface area contributed by atoms with Gasteiger partial charge in [-0.1, -0.05) is 23.7 Å². The molecule has 4 rings (SSSR count). The summed E-state index contributed by atoms with van der Waals surface area (Å²) in [5.74, 6) is -10.5. The molecule has 0 saturated heterocycles. The quantitative estimate of drug-likeness (QED) is 0.359. The lowest BCUT2D eigenvalue weighted by Gasteiger charge is -2.35. The molecule has 0 radical (unpaired) electrons. The van der Waals surface area contributed by atoms with Crippen molar-refractivity contribution in [1.82, 2.24) is 25.2 Å². The number of rotatable bonds is 7. The second-order valence-corrected chi connectivity index (χ2v) is 8.02. The number of aromatic nitrogens is 5. The predicted molar refractivity (Wildman–Crippen MR) is 111 cm³/mol. The lowest BCUT2D eigenvalue weighted by atomic mass is 9.84. The fourth-order valence-corrected chi connectivity index (χ4v) is 3.59.